The Kier molecular flexibility index (Phi) is 6.12. The number of unbranched alkanes of at least 4 members (excludes halogenated alkanes) is 1. The summed E-state index contributed by atoms with van der Waals surface area (Å²) in [7, 11) is 0. The Bertz CT molecular complexity index is 294. The van der Waals surface area contributed by atoms with Crippen LogP contribution in [0.1, 0.15) is 51.9 Å². The molecule has 4 N–H and O–H groups in total. The van der Waals surface area contributed by atoms with Crippen LogP contribution in [0.5, 0.6) is 0 Å². The molecule has 18 heavy (non-hydrogen) atoms. The number of carbonyl (C=O) groups excluding carboxylic acids is 1. The van der Waals surface area contributed by atoms with Crippen molar-refractivity contribution < 1.29 is 14.7 Å². The van der Waals surface area contributed by atoms with E-state index in [-0.39, 0.29) is 17.9 Å². The first-order valence-electron chi connectivity index (χ1n) is 6.85. The Morgan fingerprint density at radius 2 is 2.06 bits per heavy atom. The minimum Gasteiger partial charge on any atom is -0.480 e. The zero-order valence-electron chi connectivity index (χ0n) is 11.0. The molecule has 5 heteroatoms. The highest BCUT2D eigenvalue weighted by Gasteiger charge is 2.30. The highest BCUT2D eigenvalue weighted by molar-refractivity contribution is 5.85. The van der Waals surface area contributed by atoms with E-state index in [1.165, 1.54) is 0 Å². The summed E-state index contributed by atoms with van der Waals surface area (Å²) in [5.74, 6) is -1.37. The molecule has 0 saturated heterocycles. The largest absolute Gasteiger partial charge is 0.480 e. The van der Waals surface area contributed by atoms with Gasteiger partial charge in [-0.2, -0.15) is 0 Å². The smallest absolute Gasteiger partial charge is 0.326 e. The number of nitrogens with one attached hydrogen (secondary N) is 1. The molecule has 3 atom stereocenters. The number of aliphatic carboxylic acids is 1. The van der Waals surface area contributed by atoms with Gasteiger partial charge in [-0.3, -0.25) is 4.79 Å². The standard InChI is InChI=1S/C13H24N2O3/c1-2-3-8-11(13(17)18)15-12(16)9-6-4-5-7-10(9)14/h9-11H,2-8,14H2,1H3,(H,15,16)(H,17,18)/t9?,10?,11-/m0/s1. The van der Waals surface area contributed by atoms with E-state index in [1.54, 1.807) is 0 Å². The molecule has 0 aromatic heterocycles. The topological polar surface area (TPSA) is 92.4 Å². The van der Waals surface area contributed by atoms with Crippen molar-refractivity contribution in [1.29, 1.82) is 0 Å². The number of hydrogen-bond donors (Lipinski definition) is 3. The fraction of sp³-hybridized carbons (Fsp3) is 0.846. The van der Waals surface area contributed by atoms with Crippen molar-refractivity contribution in [3.63, 3.8) is 0 Å². The van der Waals surface area contributed by atoms with Gasteiger partial charge in [0.25, 0.3) is 0 Å². The summed E-state index contributed by atoms with van der Waals surface area (Å²) in [6.45, 7) is 2.00. The molecule has 0 aromatic carbocycles. The molecular weight excluding hydrogens is 232 g/mol. The van der Waals surface area contributed by atoms with E-state index in [0.29, 0.717) is 6.42 Å². The maximum absolute atomic E-state index is 12.0. The molecule has 0 bridgehead atoms. The number of rotatable bonds is 6. The summed E-state index contributed by atoms with van der Waals surface area (Å²) in [5, 5.41) is 11.7. The average Bonchev–Trinajstić information content (AvgIpc) is 2.34. The van der Waals surface area contributed by atoms with E-state index < -0.39 is 12.0 Å². The average molecular weight is 256 g/mol. The minimum atomic E-state index is -0.957. The maximum atomic E-state index is 12.0. The Morgan fingerprint density at radius 1 is 1.39 bits per heavy atom. The molecule has 1 fully saturated rings. The van der Waals surface area contributed by atoms with Crippen molar-refractivity contribution in [1.82, 2.24) is 5.32 Å². The lowest BCUT2D eigenvalue weighted by Gasteiger charge is -2.28. The van der Waals surface area contributed by atoms with Crippen molar-refractivity contribution in [2.45, 2.75) is 64.0 Å². The Labute approximate surface area is 108 Å². The molecule has 1 rings (SSSR count). The summed E-state index contributed by atoms with van der Waals surface area (Å²) in [4.78, 5) is 23.1. The molecular formula is C13H24N2O3. The lowest BCUT2D eigenvalue weighted by Crippen LogP contribution is -2.49. The van der Waals surface area contributed by atoms with Gasteiger partial charge in [-0.15, -0.1) is 0 Å². The zero-order valence-corrected chi connectivity index (χ0v) is 11.0. The van der Waals surface area contributed by atoms with Gasteiger partial charge in [-0.05, 0) is 19.3 Å². The molecule has 5 nitrogen and oxygen atoms in total. The van der Waals surface area contributed by atoms with Crippen molar-refractivity contribution >= 4 is 11.9 Å². The van der Waals surface area contributed by atoms with Gasteiger partial charge in [0, 0.05) is 6.04 Å². The predicted octanol–water partition coefficient (Wildman–Crippen LogP) is 1.26. The van der Waals surface area contributed by atoms with Gasteiger partial charge in [-0.1, -0.05) is 32.6 Å². The monoisotopic (exact) mass is 256 g/mol. The second kappa shape index (κ2) is 7.36. The highest BCUT2D eigenvalue weighted by atomic mass is 16.4. The Balaban J connectivity index is 2.51. The van der Waals surface area contributed by atoms with Crippen LogP contribution in [0.15, 0.2) is 0 Å². The maximum Gasteiger partial charge on any atom is 0.326 e. The zero-order chi connectivity index (χ0) is 13.5. The predicted molar refractivity (Wildman–Crippen MR) is 69.0 cm³/mol. The Morgan fingerprint density at radius 3 is 2.61 bits per heavy atom. The van der Waals surface area contributed by atoms with E-state index in [4.69, 9.17) is 10.8 Å². The number of carboxylic acid groups (broad SMARTS) is 1. The van der Waals surface area contributed by atoms with Crippen LogP contribution in [-0.2, 0) is 9.59 Å². The van der Waals surface area contributed by atoms with E-state index >= 15 is 0 Å². The van der Waals surface area contributed by atoms with E-state index in [2.05, 4.69) is 5.32 Å². The molecule has 1 amide bonds. The fourth-order valence-corrected chi connectivity index (χ4v) is 2.43. The second-order valence-electron chi connectivity index (χ2n) is 5.10. The van der Waals surface area contributed by atoms with Crippen LogP contribution in [0.3, 0.4) is 0 Å². The Hall–Kier alpha value is -1.10. The SMILES string of the molecule is CCCC[C@H](NC(=O)C1CCCCC1N)C(=O)O. The molecule has 0 heterocycles. The van der Waals surface area contributed by atoms with Gasteiger partial charge in [0.2, 0.25) is 5.91 Å². The van der Waals surface area contributed by atoms with Crippen LogP contribution in [0.2, 0.25) is 0 Å². The van der Waals surface area contributed by atoms with Crippen molar-refractivity contribution in [2.24, 2.45) is 11.7 Å². The first-order chi connectivity index (χ1) is 8.56. The van der Waals surface area contributed by atoms with Gasteiger partial charge < -0.3 is 16.2 Å². The van der Waals surface area contributed by atoms with Crippen molar-refractivity contribution in [3.8, 4) is 0 Å². The summed E-state index contributed by atoms with van der Waals surface area (Å²) >= 11 is 0. The molecule has 0 radical (unpaired) electrons. The van der Waals surface area contributed by atoms with Crippen LogP contribution in [0, 0.1) is 5.92 Å². The molecule has 1 aliphatic rings. The van der Waals surface area contributed by atoms with E-state index in [1.807, 2.05) is 6.92 Å². The third-order valence-electron chi connectivity index (χ3n) is 3.62. The van der Waals surface area contributed by atoms with Crippen LogP contribution in [0.25, 0.3) is 0 Å². The van der Waals surface area contributed by atoms with E-state index in [0.717, 1.165) is 38.5 Å². The molecule has 2 unspecified atom stereocenters. The van der Waals surface area contributed by atoms with Gasteiger partial charge in [0.1, 0.15) is 6.04 Å². The summed E-state index contributed by atoms with van der Waals surface area (Å²) in [5.41, 5.74) is 5.92. The quantitative estimate of drug-likeness (QED) is 0.667. The third-order valence-corrected chi connectivity index (χ3v) is 3.62. The first kappa shape index (κ1) is 15.0. The van der Waals surface area contributed by atoms with Gasteiger partial charge in [0.05, 0.1) is 5.92 Å². The van der Waals surface area contributed by atoms with Crippen LogP contribution >= 0.6 is 0 Å². The van der Waals surface area contributed by atoms with Crippen molar-refractivity contribution in [3.05, 3.63) is 0 Å². The molecule has 0 spiro atoms. The van der Waals surface area contributed by atoms with Crippen molar-refractivity contribution in [2.75, 3.05) is 0 Å². The first-order valence-corrected chi connectivity index (χ1v) is 6.85. The number of hydrogen-bond acceptors (Lipinski definition) is 3. The second-order valence-corrected chi connectivity index (χ2v) is 5.10. The lowest BCUT2D eigenvalue weighted by atomic mass is 9.84. The van der Waals surface area contributed by atoms with Gasteiger partial charge in [-0.25, -0.2) is 4.79 Å². The molecule has 0 aromatic rings. The van der Waals surface area contributed by atoms with Gasteiger partial charge >= 0.3 is 5.97 Å². The molecule has 1 aliphatic carbocycles. The van der Waals surface area contributed by atoms with Crippen LogP contribution in [-0.4, -0.2) is 29.1 Å². The number of carboxylic acids is 1. The minimum absolute atomic E-state index is 0.126. The number of amides is 1. The lowest BCUT2D eigenvalue weighted by molar-refractivity contribution is -0.143. The highest BCUT2D eigenvalue weighted by Crippen LogP contribution is 2.23. The van der Waals surface area contributed by atoms with Crippen LogP contribution in [0.4, 0.5) is 0 Å². The van der Waals surface area contributed by atoms with Gasteiger partial charge in [0.15, 0.2) is 0 Å². The van der Waals surface area contributed by atoms with Crippen LogP contribution < -0.4 is 11.1 Å². The van der Waals surface area contributed by atoms with E-state index in [9.17, 15) is 9.59 Å². The summed E-state index contributed by atoms with van der Waals surface area (Å²) in [6, 6.07) is -0.897. The fourth-order valence-electron chi connectivity index (χ4n) is 2.43. The number of nitrogens with two attached hydrogens (primary N) is 1. The summed E-state index contributed by atoms with van der Waals surface area (Å²) in [6.07, 6.45) is 5.88. The summed E-state index contributed by atoms with van der Waals surface area (Å²) < 4.78 is 0. The normalized spacial score (nSPS) is 25.4. The molecule has 1 saturated carbocycles. The molecule has 104 valence electrons. The number of carbonyl (C=O) groups is 2. The third kappa shape index (κ3) is 4.29. The molecule has 0 aliphatic heterocycles.